The number of nitriles is 1. The largest absolute Gasteiger partial charge is 0.464 e. The van der Waals surface area contributed by atoms with E-state index < -0.39 is 5.97 Å². The summed E-state index contributed by atoms with van der Waals surface area (Å²) in [6.07, 6.45) is 2.02. The topological polar surface area (TPSA) is 67.9 Å². The third-order valence-corrected chi connectivity index (χ3v) is 4.47. The molecule has 0 saturated carbocycles. The molecule has 5 nitrogen and oxygen atoms in total. The summed E-state index contributed by atoms with van der Waals surface area (Å²) < 4.78 is 6.47. The fourth-order valence-corrected chi connectivity index (χ4v) is 2.84. The predicted octanol–water partition coefficient (Wildman–Crippen LogP) is 3.92. The number of carbonyl (C=O) groups is 1. The van der Waals surface area contributed by atoms with E-state index in [0.29, 0.717) is 5.56 Å². The summed E-state index contributed by atoms with van der Waals surface area (Å²) in [7, 11) is 1.33. The zero-order chi connectivity index (χ0) is 17.8. The Labute approximate surface area is 149 Å². The third kappa shape index (κ3) is 3.42. The zero-order valence-corrected chi connectivity index (χ0v) is 14.6. The molecule has 2 aromatic carbocycles. The van der Waals surface area contributed by atoms with Crippen LogP contribution in [0.15, 0.2) is 59.5 Å². The summed E-state index contributed by atoms with van der Waals surface area (Å²) >= 11 is 1.66. The molecular formula is C19H15N3O2S. The van der Waals surface area contributed by atoms with Crippen molar-refractivity contribution in [3.63, 3.8) is 0 Å². The van der Waals surface area contributed by atoms with Gasteiger partial charge in [-0.25, -0.2) is 9.48 Å². The highest BCUT2D eigenvalue weighted by atomic mass is 32.2. The summed E-state index contributed by atoms with van der Waals surface area (Å²) in [6, 6.07) is 18.9. The van der Waals surface area contributed by atoms with E-state index in [2.05, 4.69) is 11.2 Å². The van der Waals surface area contributed by atoms with E-state index in [1.54, 1.807) is 46.8 Å². The Bertz CT molecular complexity index is 938. The first-order valence-electron chi connectivity index (χ1n) is 7.49. The number of hydrogen-bond acceptors (Lipinski definition) is 5. The lowest BCUT2D eigenvalue weighted by molar-refractivity contribution is 0.0593. The van der Waals surface area contributed by atoms with Crippen LogP contribution in [0.25, 0.3) is 16.9 Å². The summed E-state index contributed by atoms with van der Waals surface area (Å²) in [5.74, 6) is -0.491. The second kappa shape index (κ2) is 7.24. The van der Waals surface area contributed by atoms with Gasteiger partial charge in [-0.2, -0.15) is 10.4 Å². The van der Waals surface area contributed by atoms with Crippen LogP contribution in [0.1, 0.15) is 16.1 Å². The van der Waals surface area contributed by atoms with Crippen molar-refractivity contribution in [2.75, 3.05) is 13.4 Å². The Morgan fingerprint density at radius 1 is 1.16 bits per heavy atom. The molecule has 0 N–H and O–H groups in total. The van der Waals surface area contributed by atoms with E-state index in [-0.39, 0.29) is 5.69 Å². The van der Waals surface area contributed by atoms with Crippen molar-refractivity contribution < 1.29 is 9.53 Å². The van der Waals surface area contributed by atoms with Crippen LogP contribution in [0, 0.1) is 11.3 Å². The number of esters is 1. The maximum Gasteiger partial charge on any atom is 0.358 e. The second-order valence-corrected chi connectivity index (χ2v) is 6.09. The molecule has 0 bridgehead atoms. The summed E-state index contributed by atoms with van der Waals surface area (Å²) in [4.78, 5) is 13.1. The maximum atomic E-state index is 11.9. The van der Waals surface area contributed by atoms with Gasteiger partial charge < -0.3 is 4.74 Å². The number of carbonyl (C=O) groups excluding carboxylic acids is 1. The van der Waals surface area contributed by atoms with Crippen LogP contribution in [-0.4, -0.2) is 29.1 Å². The summed E-state index contributed by atoms with van der Waals surface area (Å²) in [5, 5.41) is 13.3. The van der Waals surface area contributed by atoms with Crippen molar-refractivity contribution in [2.45, 2.75) is 4.90 Å². The molecule has 0 aliphatic rings. The predicted molar refractivity (Wildman–Crippen MR) is 96.8 cm³/mol. The van der Waals surface area contributed by atoms with Crippen molar-refractivity contribution in [1.29, 1.82) is 5.26 Å². The van der Waals surface area contributed by atoms with E-state index in [9.17, 15) is 4.79 Å². The Morgan fingerprint density at radius 3 is 2.40 bits per heavy atom. The molecule has 0 fully saturated rings. The van der Waals surface area contributed by atoms with Crippen LogP contribution in [0.5, 0.6) is 0 Å². The van der Waals surface area contributed by atoms with Gasteiger partial charge in [-0.15, -0.1) is 11.8 Å². The molecule has 0 unspecified atom stereocenters. The van der Waals surface area contributed by atoms with Crippen molar-refractivity contribution in [1.82, 2.24) is 9.78 Å². The molecule has 0 aliphatic heterocycles. The van der Waals surface area contributed by atoms with Crippen molar-refractivity contribution >= 4 is 17.7 Å². The van der Waals surface area contributed by atoms with Crippen LogP contribution in [0.2, 0.25) is 0 Å². The number of thioether (sulfide) groups is 1. The monoisotopic (exact) mass is 349 g/mol. The minimum Gasteiger partial charge on any atom is -0.464 e. The van der Waals surface area contributed by atoms with E-state index >= 15 is 0 Å². The fraction of sp³-hybridized carbons (Fsp3) is 0.105. The highest BCUT2D eigenvalue weighted by Crippen LogP contribution is 2.26. The van der Waals surface area contributed by atoms with Gasteiger partial charge in [0.15, 0.2) is 5.69 Å². The lowest BCUT2D eigenvalue weighted by Gasteiger charge is -2.08. The molecular weight excluding hydrogens is 334 g/mol. The van der Waals surface area contributed by atoms with Crippen molar-refractivity contribution in [3.05, 3.63) is 65.9 Å². The number of ether oxygens (including phenoxy) is 1. The van der Waals surface area contributed by atoms with Crippen molar-refractivity contribution in [3.8, 4) is 23.0 Å². The molecule has 6 heteroatoms. The molecule has 1 heterocycles. The number of methoxy groups -OCH3 is 1. The van der Waals surface area contributed by atoms with Crippen molar-refractivity contribution in [2.24, 2.45) is 0 Å². The summed E-state index contributed by atoms with van der Waals surface area (Å²) in [6.45, 7) is 0. The van der Waals surface area contributed by atoms with Gasteiger partial charge >= 0.3 is 5.97 Å². The van der Waals surface area contributed by atoms with Gasteiger partial charge in [0, 0.05) is 10.5 Å². The van der Waals surface area contributed by atoms with Crippen LogP contribution in [-0.2, 0) is 4.74 Å². The Kier molecular flexibility index (Phi) is 4.87. The first-order valence-corrected chi connectivity index (χ1v) is 8.72. The van der Waals surface area contributed by atoms with Gasteiger partial charge in [0.2, 0.25) is 0 Å². The minimum atomic E-state index is -0.491. The Morgan fingerprint density at radius 2 is 1.84 bits per heavy atom. The van der Waals surface area contributed by atoms with Crippen LogP contribution >= 0.6 is 11.8 Å². The number of rotatable bonds is 4. The van der Waals surface area contributed by atoms with E-state index in [1.165, 1.54) is 7.11 Å². The normalized spacial score (nSPS) is 10.3. The molecule has 0 aliphatic carbocycles. The number of aromatic nitrogens is 2. The first-order chi connectivity index (χ1) is 12.2. The average molecular weight is 349 g/mol. The molecule has 0 amide bonds. The molecule has 0 saturated heterocycles. The standard InChI is InChI=1S/C19H15N3O2S/c1-24-19(23)17-11-18(14-5-9-16(25-2)10-6-14)22(21-17)15-7-3-13(12-20)4-8-15/h3-11H,1-2H3. The van der Waals surface area contributed by atoms with Gasteiger partial charge in [-0.1, -0.05) is 12.1 Å². The Hall–Kier alpha value is -3.04. The van der Waals surface area contributed by atoms with Gasteiger partial charge in [-0.3, -0.25) is 0 Å². The van der Waals surface area contributed by atoms with Gasteiger partial charge in [0.25, 0.3) is 0 Å². The van der Waals surface area contributed by atoms with E-state index in [0.717, 1.165) is 21.8 Å². The fourth-order valence-electron chi connectivity index (χ4n) is 2.43. The van der Waals surface area contributed by atoms with E-state index in [4.69, 9.17) is 10.00 Å². The lowest BCUT2D eigenvalue weighted by atomic mass is 10.1. The molecule has 3 rings (SSSR count). The average Bonchev–Trinajstić information content (AvgIpc) is 3.13. The zero-order valence-electron chi connectivity index (χ0n) is 13.8. The second-order valence-electron chi connectivity index (χ2n) is 5.21. The number of hydrogen-bond donors (Lipinski definition) is 0. The van der Waals surface area contributed by atoms with Gasteiger partial charge in [-0.05, 0) is 48.7 Å². The number of nitrogens with zero attached hydrogens (tertiary/aromatic N) is 3. The molecule has 3 aromatic rings. The molecule has 0 spiro atoms. The van der Waals surface area contributed by atoms with Crippen LogP contribution in [0.3, 0.4) is 0 Å². The molecule has 1 aromatic heterocycles. The summed E-state index contributed by atoms with van der Waals surface area (Å²) in [5.41, 5.74) is 3.27. The molecule has 124 valence electrons. The minimum absolute atomic E-state index is 0.232. The smallest absolute Gasteiger partial charge is 0.358 e. The quantitative estimate of drug-likeness (QED) is 0.527. The van der Waals surface area contributed by atoms with Gasteiger partial charge in [0.05, 0.1) is 30.1 Å². The first kappa shape index (κ1) is 16.8. The molecule has 25 heavy (non-hydrogen) atoms. The highest BCUT2D eigenvalue weighted by Gasteiger charge is 2.17. The van der Waals surface area contributed by atoms with Crippen LogP contribution < -0.4 is 0 Å². The number of benzene rings is 2. The maximum absolute atomic E-state index is 11.9. The highest BCUT2D eigenvalue weighted by molar-refractivity contribution is 7.98. The van der Waals surface area contributed by atoms with Gasteiger partial charge in [0.1, 0.15) is 0 Å². The molecule has 0 atom stereocenters. The Balaban J connectivity index is 2.12. The van der Waals surface area contributed by atoms with Crippen LogP contribution in [0.4, 0.5) is 0 Å². The lowest BCUT2D eigenvalue weighted by Crippen LogP contribution is -2.04. The molecule has 0 radical (unpaired) electrons. The third-order valence-electron chi connectivity index (χ3n) is 3.73. The van der Waals surface area contributed by atoms with E-state index in [1.807, 2.05) is 30.5 Å². The SMILES string of the molecule is COC(=O)c1cc(-c2ccc(SC)cc2)n(-c2ccc(C#N)cc2)n1.